The van der Waals surface area contributed by atoms with Crippen molar-refractivity contribution in [1.29, 1.82) is 0 Å². The highest BCUT2D eigenvalue weighted by molar-refractivity contribution is 5.95. The molecule has 0 saturated carbocycles. The summed E-state index contributed by atoms with van der Waals surface area (Å²) >= 11 is 0. The van der Waals surface area contributed by atoms with Gasteiger partial charge in [-0.2, -0.15) is 0 Å². The molecule has 0 radical (unpaired) electrons. The number of anilines is 3. The predicted octanol–water partition coefficient (Wildman–Crippen LogP) is 5.10. The van der Waals surface area contributed by atoms with E-state index in [9.17, 15) is 9.59 Å². The Kier molecular flexibility index (Phi) is 8.26. The van der Waals surface area contributed by atoms with Gasteiger partial charge >= 0.3 is 0 Å². The van der Waals surface area contributed by atoms with Gasteiger partial charge in [-0.1, -0.05) is 42.5 Å². The Morgan fingerprint density at radius 3 is 2.03 bits per heavy atom. The molecule has 0 fully saturated rings. The third kappa shape index (κ3) is 7.47. The van der Waals surface area contributed by atoms with Crippen molar-refractivity contribution < 1.29 is 14.3 Å². The van der Waals surface area contributed by atoms with Crippen molar-refractivity contribution in [1.82, 2.24) is 0 Å². The normalized spacial score (nSPS) is 10.5. The lowest BCUT2D eigenvalue weighted by Gasteiger charge is -2.15. The topological polar surface area (TPSA) is 79.5 Å². The van der Waals surface area contributed by atoms with Crippen molar-refractivity contribution in [3.63, 3.8) is 0 Å². The minimum Gasteiger partial charge on any atom is -0.489 e. The van der Waals surface area contributed by atoms with E-state index in [-0.39, 0.29) is 24.5 Å². The number of rotatable bonds is 10. The van der Waals surface area contributed by atoms with E-state index in [0.29, 0.717) is 30.0 Å². The van der Waals surface area contributed by atoms with Gasteiger partial charge in [-0.05, 0) is 62.2 Å². The van der Waals surface area contributed by atoms with Crippen LogP contribution in [-0.4, -0.2) is 24.5 Å². The van der Waals surface area contributed by atoms with Gasteiger partial charge in [0.1, 0.15) is 5.75 Å². The average Bonchev–Trinajstić information content (AvgIpc) is 2.79. The van der Waals surface area contributed by atoms with E-state index >= 15 is 0 Å². The molecular formula is C26H29N3O3. The molecule has 3 aromatic carbocycles. The van der Waals surface area contributed by atoms with E-state index in [0.717, 1.165) is 11.3 Å². The summed E-state index contributed by atoms with van der Waals surface area (Å²) in [6, 6.07) is 24.5. The largest absolute Gasteiger partial charge is 0.489 e. The Morgan fingerprint density at radius 1 is 0.781 bits per heavy atom. The lowest BCUT2D eigenvalue weighted by molar-refractivity contribution is -0.116. The molecule has 3 rings (SSSR count). The first kappa shape index (κ1) is 22.9. The molecule has 3 N–H and O–H groups in total. The fourth-order valence-electron chi connectivity index (χ4n) is 3.11. The van der Waals surface area contributed by atoms with Crippen LogP contribution < -0.4 is 20.7 Å². The summed E-state index contributed by atoms with van der Waals surface area (Å²) in [5.41, 5.74) is 3.25. The van der Waals surface area contributed by atoms with E-state index < -0.39 is 0 Å². The number of benzene rings is 3. The molecular weight excluding hydrogens is 402 g/mol. The zero-order valence-corrected chi connectivity index (χ0v) is 18.4. The molecule has 0 heterocycles. The van der Waals surface area contributed by atoms with E-state index in [1.165, 1.54) is 0 Å². The molecule has 3 aromatic rings. The monoisotopic (exact) mass is 431 g/mol. The zero-order valence-electron chi connectivity index (χ0n) is 18.4. The number of aryl methyl sites for hydroxylation is 1. The maximum atomic E-state index is 12.3. The van der Waals surface area contributed by atoms with Crippen LogP contribution in [0.5, 0.6) is 5.75 Å². The average molecular weight is 432 g/mol. The van der Waals surface area contributed by atoms with Crippen LogP contribution in [0.25, 0.3) is 0 Å². The van der Waals surface area contributed by atoms with Gasteiger partial charge in [-0.25, -0.2) is 0 Å². The van der Waals surface area contributed by atoms with Crippen molar-refractivity contribution in [2.24, 2.45) is 0 Å². The van der Waals surface area contributed by atoms with Crippen LogP contribution in [0.3, 0.4) is 0 Å². The SMILES string of the molecule is CC(C)Oc1ccccc1NCC(=O)Nc1ccc(NC(=O)CCc2ccccc2)cc1. The van der Waals surface area contributed by atoms with Crippen LogP contribution in [0.4, 0.5) is 17.1 Å². The minimum absolute atomic E-state index is 0.0443. The third-order valence-electron chi connectivity index (χ3n) is 4.63. The van der Waals surface area contributed by atoms with Crippen molar-refractivity contribution in [2.45, 2.75) is 32.8 Å². The van der Waals surface area contributed by atoms with E-state index in [2.05, 4.69) is 16.0 Å². The van der Waals surface area contributed by atoms with Crippen LogP contribution in [0, 0.1) is 0 Å². The second kappa shape index (κ2) is 11.6. The number of carbonyl (C=O) groups is 2. The highest BCUT2D eigenvalue weighted by Crippen LogP contribution is 2.24. The summed E-state index contributed by atoms with van der Waals surface area (Å²) in [6.07, 6.45) is 1.15. The van der Waals surface area contributed by atoms with Crippen molar-refractivity contribution in [3.05, 3.63) is 84.4 Å². The van der Waals surface area contributed by atoms with Crippen molar-refractivity contribution in [3.8, 4) is 5.75 Å². The van der Waals surface area contributed by atoms with Crippen LogP contribution in [0.15, 0.2) is 78.9 Å². The lowest BCUT2D eigenvalue weighted by atomic mass is 10.1. The third-order valence-corrected chi connectivity index (χ3v) is 4.63. The molecule has 6 nitrogen and oxygen atoms in total. The molecule has 0 spiro atoms. The Labute approximate surface area is 189 Å². The number of nitrogens with one attached hydrogen (secondary N) is 3. The standard InChI is InChI=1S/C26H29N3O3/c1-19(2)32-24-11-7-6-10-23(24)27-18-26(31)29-22-15-13-21(14-16-22)28-25(30)17-12-20-8-4-3-5-9-20/h3-11,13-16,19,27H,12,17-18H2,1-2H3,(H,28,30)(H,29,31). The maximum absolute atomic E-state index is 12.3. The van der Waals surface area contributed by atoms with Gasteiger partial charge in [0.25, 0.3) is 0 Å². The number of ether oxygens (including phenoxy) is 1. The molecule has 32 heavy (non-hydrogen) atoms. The predicted molar refractivity (Wildman–Crippen MR) is 129 cm³/mol. The molecule has 0 bridgehead atoms. The minimum atomic E-state index is -0.177. The number of para-hydroxylation sites is 2. The van der Waals surface area contributed by atoms with Crippen molar-refractivity contribution >= 4 is 28.9 Å². The summed E-state index contributed by atoms with van der Waals surface area (Å²) in [5.74, 6) is 0.490. The van der Waals surface area contributed by atoms with Gasteiger partial charge in [0.15, 0.2) is 0 Å². The highest BCUT2D eigenvalue weighted by atomic mass is 16.5. The first-order chi connectivity index (χ1) is 15.5. The molecule has 6 heteroatoms. The van der Waals surface area contributed by atoms with Crippen molar-refractivity contribution in [2.75, 3.05) is 22.5 Å². The molecule has 166 valence electrons. The molecule has 0 aliphatic rings. The van der Waals surface area contributed by atoms with Crippen LogP contribution in [0.1, 0.15) is 25.8 Å². The molecule has 0 aliphatic heterocycles. The first-order valence-corrected chi connectivity index (χ1v) is 10.7. The van der Waals surface area contributed by atoms with Gasteiger partial charge in [0, 0.05) is 17.8 Å². The smallest absolute Gasteiger partial charge is 0.243 e. The van der Waals surface area contributed by atoms with Gasteiger partial charge in [0.2, 0.25) is 11.8 Å². The summed E-state index contributed by atoms with van der Waals surface area (Å²) in [4.78, 5) is 24.5. The van der Waals surface area contributed by atoms with E-state index in [1.807, 2.05) is 68.4 Å². The first-order valence-electron chi connectivity index (χ1n) is 10.7. The molecule has 0 aliphatic carbocycles. The molecule has 2 amide bonds. The Balaban J connectivity index is 1.45. The fraction of sp³-hybridized carbons (Fsp3) is 0.231. The van der Waals surface area contributed by atoms with Gasteiger partial charge in [-0.3, -0.25) is 9.59 Å². The number of carbonyl (C=O) groups excluding carboxylic acids is 2. The van der Waals surface area contributed by atoms with Gasteiger partial charge in [-0.15, -0.1) is 0 Å². The Hall–Kier alpha value is -3.80. The summed E-state index contributed by atoms with van der Waals surface area (Å²) in [6.45, 7) is 4.02. The van der Waals surface area contributed by atoms with E-state index in [1.54, 1.807) is 24.3 Å². The van der Waals surface area contributed by atoms with Crippen LogP contribution in [-0.2, 0) is 16.0 Å². The Morgan fingerprint density at radius 2 is 1.38 bits per heavy atom. The maximum Gasteiger partial charge on any atom is 0.243 e. The van der Waals surface area contributed by atoms with Gasteiger partial charge in [0.05, 0.1) is 18.3 Å². The van der Waals surface area contributed by atoms with Gasteiger partial charge < -0.3 is 20.7 Å². The second-order valence-electron chi connectivity index (χ2n) is 7.68. The summed E-state index contributed by atoms with van der Waals surface area (Å²) in [7, 11) is 0. The summed E-state index contributed by atoms with van der Waals surface area (Å²) < 4.78 is 5.75. The molecule has 0 unspecified atom stereocenters. The number of amides is 2. The highest BCUT2D eigenvalue weighted by Gasteiger charge is 2.08. The zero-order chi connectivity index (χ0) is 22.8. The van der Waals surface area contributed by atoms with Crippen LogP contribution >= 0.6 is 0 Å². The molecule has 0 aromatic heterocycles. The number of hydrogen-bond donors (Lipinski definition) is 3. The van der Waals surface area contributed by atoms with Crippen LogP contribution in [0.2, 0.25) is 0 Å². The lowest BCUT2D eigenvalue weighted by Crippen LogP contribution is -2.22. The second-order valence-corrected chi connectivity index (χ2v) is 7.68. The molecule has 0 saturated heterocycles. The fourth-order valence-corrected chi connectivity index (χ4v) is 3.11. The number of hydrogen-bond acceptors (Lipinski definition) is 4. The van der Waals surface area contributed by atoms with E-state index in [4.69, 9.17) is 4.74 Å². The quantitative estimate of drug-likeness (QED) is 0.417. The molecule has 0 atom stereocenters. The summed E-state index contributed by atoms with van der Waals surface area (Å²) in [5, 5.41) is 8.84. The Bertz CT molecular complexity index is 1020.